The minimum Gasteiger partial charge on any atom is -0.320 e. The molecule has 3 aromatic rings. The summed E-state index contributed by atoms with van der Waals surface area (Å²) in [5.74, 6) is 0.283. The number of carbonyl (C=O) groups excluding carboxylic acids is 1. The zero-order valence-corrected chi connectivity index (χ0v) is 18.0. The van der Waals surface area contributed by atoms with Crippen LogP contribution in [0.2, 0.25) is 0 Å². The van der Waals surface area contributed by atoms with E-state index < -0.39 is 4.92 Å². The average Bonchev–Trinajstić information content (AvgIpc) is 3.16. The first-order chi connectivity index (χ1) is 14.1. The van der Waals surface area contributed by atoms with Crippen molar-refractivity contribution >= 4 is 29.0 Å². The van der Waals surface area contributed by atoms with E-state index in [4.69, 9.17) is 0 Å². The molecule has 2 N–H and O–H groups in total. The molecule has 1 aromatic heterocycles. The summed E-state index contributed by atoms with van der Waals surface area (Å²) in [4.78, 5) is 27.3. The maximum absolute atomic E-state index is 12.2. The van der Waals surface area contributed by atoms with E-state index in [9.17, 15) is 14.9 Å². The summed E-state index contributed by atoms with van der Waals surface area (Å²) < 4.78 is 0. The molecule has 0 unspecified atom stereocenters. The van der Waals surface area contributed by atoms with Crippen LogP contribution >= 0.6 is 11.8 Å². The molecule has 156 valence electrons. The third-order valence-electron chi connectivity index (χ3n) is 4.45. The number of aryl methyl sites for hydroxylation is 1. The summed E-state index contributed by atoms with van der Waals surface area (Å²) in [6.07, 6.45) is 0. The van der Waals surface area contributed by atoms with Crippen molar-refractivity contribution in [2.75, 3.05) is 11.1 Å². The van der Waals surface area contributed by atoms with Gasteiger partial charge in [-0.2, -0.15) is 0 Å². The van der Waals surface area contributed by atoms with E-state index in [1.807, 2.05) is 12.1 Å². The van der Waals surface area contributed by atoms with Gasteiger partial charge in [0, 0.05) is 11.6 Å². The van der Waals surface area contributed by atoms with Crippen LogP contribution in [0, 0.1) is 17.0 Å². The number of rotatable bonds is 6. The molecular formula is C21H23N5O3S. The highest BCUT2D eigenvalue weighted by Crippen LogP contribution is 2.27. The third kappa shape index (κ3) is 5.24. The van der Waals surface area contributed by atoms with Crippen LogP contribution in [0.25, 0.3) is 11.4 Å². The number of nitrogens with one attached hydrogen (secondary N) is 2. The predicted octanol–water partition coefficient (Wildman–Crippen LogP) is 4.72. The summed E-state index contributed by atoms with van der Waals surface area (Å²) >= 11 is 1.15. The molecule has 0 atom stereocenters. The van der Waals surface area contributed by atoms with E-state index >= 15 is 0 Å². The second kappa shape index (κ2) is 8.66. The van der Waals surface area contributed by atoms with E-state index in [-0.39, 0.29) is 28.4 Å². The summed E-state index contributed by atoms with van der Waals surface area (Å²) in [5.41, 5.74) is 2.99. The minimum atomic E-state index is -0.512. The fraction of sp³-hybridized carbons (Fsp3) is 0.286. The first-order valence-corrected chi connectivity index (χ1v) is 10.3. The lowest BCUT2D eigenvalue weighted by atomic mass is 9.87. The number of nitro groups is 1. The number of amides is 1. The fourth-order valence-electron chi connectivity index (χ4n) is 2.78. The van der Waals surface area contributed by atoms with E-state index in [1.54, 1.807) is 13.0 Å². The SMILES string of the molecule is Cc1ccc(NC(=O)CSc2n[nH]c(-c3ccc(C(C)(C)C)cc3)n2)c([N+](=O)[O-])c1. The Balaban J connectivity index is 1.62. The van der Waals surface area contributed by atoms with Crippen molar-refractivity contribution in [3.63, 3.8) is 0 Å². The molecule has 0 saturated carbocycles. The number of nitro benzene ring substituents is 1. The highest BCUT2D eigenvalue weighted by atomic mass is 32.2. The van der Waals surface area contributed by atoms with Gasteiger partial charge in [-0.1, -0.05) is 62.9 Å². The number of benzene rings is 2. The molecule has 0 aliphatic carbocycles. The second-order valence-electron chi connectivity index (χ2n) is 7.91. The zero-order valence-electron chi connectivity index (χ0n) is 17.2. The van der Waals surface area contributed by atoms with E-state index in [2.05, 4.69) is 53.4 Å². The van der Waals surface area contributed by atoms with Crippen molar-refractivity contribution in [1.82, 2.24) is 15.2 Å². The summed E-state index contributed by atoms with van der Waals surface area (Å²) in [7, 11) is 0. The van der Waals surface area contributed by atoms with Gasteiger partial charge in [0.25, 0.3) is 5.69 Å². The van der Waals surface area contributed by atoms with Crippen molar-refractivity contribution in [3.05, 3.63) is 63.7 Å². The van der Waals surface area contributed by atoms with E-state index in [0.29, 0.717) is 11.0 Å². The smallest absolute Gasteiger partial charge is 0.293 e. The number of nitrogens with zero attached hydrogens (tertiary/aromatic N) is 3. The zero-order chi connectivity index (χ0) is 21.9. The predicted molar refractivity (Wildman–Crippen MR) is 118 cm³/mol. The van der Waals surface area contributed by atoms with Crippen LogP contribution in [0.1, 0.15) is 31.9 Å². The summed E-state index contributed by atoms with van der Waals surface area (Å²) in [6.45, 7) is 8.22. The summed E-state index contributed by atoms with van der Waals surface area (Å²) in [5, 5.41) is 21.2. The molecule has 0 bridgehead atoms. The molecule has 0 fully saturated rings. The van der Waals surface area contributed by atoms with Gasteiger partial charge in [-0.3, -0.25) is 20.0 Å². The molecule has 0 aliphatic rings. The highest BCUT2D eigenvalue weighted by Gasteiger charge is 2.17. The first-order valence-electron chi connectivity index (χ1n) is 9.34. The van der Waals surface area contributed by atoms with Crippen LogP contribution in [-0.2, 0) is 10.2 Å². The third-order valence-corrected chi connectivity index (χ3v) is 5.29. The lowest BCUT2D eigenvalue weighted by molar-refractivity contribution is -0.384. The van der Waals surface area contributed by atoms with Gasteiger partial charge in [0.1, 0.15) is 5.69 Å². The van der Waals surface area contributed by atoms with Gasteiger partial charge in [-0.25, -0.2) is 4.98 Å². The van der Waals surface area contributed by atoms with Gasteiger partial charge in [0.2, 0.25) is 11.1 Å². The van der Waals surface area contributed by atoms with Crippen molar-refractivity contribution in [1.29, 1.82) is 0 Å². The standard InChI is InChI=1S/C21H23N5O3S/c1-13-5-10-16(17(11-13)26(28)29)22-18(27)12-30-20-23-19(24-25-20)14-6-8-15(9-7-14)21(2,3)4/h5-11H,12H2,1-4H3,(H,22,27)(H,23,24,25). The van der Waals surface area contributed by atoms with Crippen LogP contribution in [0.4, 0.5) is 11.4 Å². The molecule has 2 aromatic carbocycles. The number of H-pyrrole nitrogens is 1. The molecule has 30 heavy (non-hydrogen) atoms. The Morgan fingerprint density at radius 2 is 1.90 bits per heavy atom. The molecule has 0 aliphatic heterocycles. The monoisotopic (exact) mass is 425 g/mol. The lowest BCUT2D eigenvalue weighted by Crippen LogP contribution is -2.15. The lowest BCUT2D eigenvalue weighted by Gasteiger charge is -2.18. The molecule has 1 amide bonds. The number of thioether (sulfide) groups is 1. The van der Waals surface area contributed by atoms with Crippen LogP contribution in [0.15, 0.2) is 47.6 Å². The highest BCUT2D eigenvalue weighted by molar-refractivity contribution is 7.99. The van der Waals surface area contributed by atoms with E-state index in [0.717, 1.165) is 22.9 Å². The molecule has 0 radical (unpaired) electrons. The first kappa shape index (κ1) is 21.5. The fourth-order valence-corrected chi connectivity index (χ4v) is 3.38. The minimum absolute atomic E-state index is 0.0330. The number of carbonyl (C=O) groups is 1. The van der Waals surface area contributed by atoms with Crippen LogP contribution in [0.5, 0.6) is 0 Å². The van der Waals surface area contributed by atoms with Crippen molar-refractivity contribution in [2.24, 2.45) is 0 Å². The number of aromatic amines is 1. The van der Waals surface area contributed by atoms with Gasteiger partial charge >= 0.3 is 0 Å². The number of anilines is 1. The van der Waals surface area contributed by atoms with Crippen molar-refractivity contribution in [2.45, 2.75) is 38.3 Å². The van der Waals surface area contributed by atoms with Gasteiger partial charge in [0.05, 0.1) is 10.7 Å². The number of hydrogen-bond acceptors (Lipinski definition) is 6. The molecule has 0 spiro atoms. The Labute approximate surface area is 178 Å². The molecule has 3 rings (SSSR count). The maximum Gasteiger partial charge on any atom is 0.293 e. The van der Waals surface area contributed by atoms with Crippen LogP contribution in [-0.4, -0.2) is 31.8 Å². The van der Waals surface area contributed by atoms with Crippen molar-refractivity contribution < 1.29 is 9.72 Å². The normalized spacial score (nSPS) is 11.3. The Morgan fingerprint density at radius 3 is 2.53 bits per heavy atom. The van der Waals surface area contributed by atoms with Crippen LogP contribution in [0.3, 0.4) is 0 Å². The van der Waals surface area contributed by atoms with Crippen LogP contribution < -0.4 is 5.32 Å². The molecule has 8 nitrogen and oxygen atoms in total. The average molecular weight is 426 g/mol. The van der Waals surface area contributed by atoms with Gasteiger partial charge in [0.15, 0.2) is 5.82 Å². The quantitative estimate of drug-likeness (QED) is 0.336. The Kier molecular flexibility index (Phi) is 6.21. The Bertz CT molecular complexity index is 1070. The number of aromatic nitrogens is 3. The molecule has 9 heteroatoms. The molecular weight excluding hydrogens is 402 g/mol. The van der Waals surface area contributed by atoms with Crippen molar-refractivity contribution in [3.8, 4) is 11.4 Å². The molecule has 0 saturated heterocycles. The Hall–Kier alpha value is -3.20. The van der Waals surface area contributed by atoms with E-state index in [1.165, 1.54) is 17.7 Å². The largest absolute Gasteiger partial charge is 0.320 e. The topological polar surface area (TPSA) is 114 Å². The summed E-state index contributed by atoms with van der Waals surface area (Å²) in [6, 6.07) is 12.8. The van der Waals surface area contributed by atoms with Gasteiger partial charge in [-0.15, -0.1) is 5.10 Å². The second-order valence-corrected chi connectivity index (χ2v) is 8.85. The van der Waals surface area contributed by atoms with Gasteiger partial charge in [-0.05, 0) is 29.5 Å². The molecule has 1 heterocycles. The number of hydrogen-bond donors (Lipinski definition) is 2. The maximum atomic E-state index is 12.2. The van der Waals surface area contributed by atoms with Gasteiger partial charge < -0.3 is 5.32 Å². The Morgan fingerprint density at radius 1 is 1.20 bits per heavy atom.